The van der Waals surface area contributed by atoms with Gasteiger partial charge in [0.05, 0.1) is 49.2 Å². The molecular formula is C40H64N2O8. The Kier molecular flexibility index (Phi) is 8.29. The van der Waals surface area contributed by atoms with Gasteiger partial charge in [-0.25, -0.2) is 0 Å². The maximum atomic E-state index is 12.6. The Morgan fingerprint density at radius 1 is 1.06 bits per heavy atom. The molecule has 0 aromatic heterocycles. The van der Waals surface area contributed by atoms with E-state index in [1.54, 1.807) is 13.8 Å². The molecule has 50 heavy (non-hydrogen) atoms. The van der Waals surface area contributed by atoms with Gasteiger partial charge < -0.3 is 34.5 Å². The zero-order valence-electron chi connectivity index (χ0n) is 31.8. The number of nitrogens with zero attached hydrogens (tertiary/aromatic N) is 1. The Bertz CT molecular complexity index is 1380. The summed E-state index contributed by atoms with van der Waals surface area (Å²) in [5, 5.41) is 26.6. The minimum atomic E-state index is -1.26. The highest BCUT2D eigenvalue weighted by Crippen LogP contribution is 2.89. The first kappa shape index (κ1) is 35.7. The lowest BCUT2D eigenvalue weighted by atomic mass is 9.41. The molecule has 1 amide bonds. The predicted octanol–water partition coefficient (Wildman–Crippen LogP) is 4.43. The smallest absolute Gasteiger partial charge is 0.303 e. The van der Waals surface area contributed by atoms with Crippen molar-refractivity contribution in [1.82, 2.24) is 10.2 Å². The molecule has 3 aliphatic heterocycles. The molecule has 5 aliphatic carbocycles. The molecule has 5 saturated carbocycles. The summed E-state index contributed by atoms with van der Waals surface area (Å²) in [5.41, 5.74) is -1.15. The Morgan fingerprint density at radius 2 is 1.78 bits per heavy atom. The number of morpholine rings is 1. The first-order chi connectivity index (χ1) is 23.4. The number of carbonyl (C=O) groups is 2. The summed E-state index contributed by atoms with van der Waals surface area (Å²) < 4.78 is 25.6. The van der Waals surface area contributed by atoms with E-state index in [4.69, 9.17) is 18.9 Å². The number of hydrogen-bond donors (Lipinski definition) is 3. The van der Waals surface area contributed by atoms with Crippen molar-refractivity contribution in [3.05, 3.63) is 0 Å². The van der Waals surface area contributed by atoms with Crippen LogP contribution in [0.4, 0.5) is 0 Å². The monoisotopic (exact) mass is 700 g/mol. The fraction of sp³-hybridized carbons (Fsp3) is 0.950. The number of ether oxygens (including phenoxy) is 4. The number of hydrogen-bond acceptors (Lipinski definition) is 9. The number of fused-ring (bicyclic) bond motifs is 4. The molecule has 0 aromatic rings. The van der Waals surface area contributed by atoms with Crippen molar-refractivity contribution in [1.29, 1.82) is 0 Å². The Labute approximate surface area is 299 Å². The van der Waals surface area contributed by atoms with Crippen LogP contribution in [0.3, 0.4) is 0 Å². The molecule has 10 heteroatoms. The van der Waals surface area contributed by atoms with E-state index >= 15 is 0 Å². The second kappa shape index (κ2) is 11.6. The third-order valence-corrected chi connectivity index (χ3v) is 16.9. The largest absolute Gasteiger partial charge is 0.457 e. The van der Waals surface area contributed by atoms with Crippen LogP contribution in [0.25, 0.3) is 0 Å². The molecule has 3 saturated heterocycles. The molecule has 8 rings (SSSR count). The highest BCUT2D eigenvalue weighted by molar-refractivity contribution is 5.83. The lowest BCUT2D eigenvalue weighted by Gasteiger charge is -2.64. The Hall–Kier alpha value is -1.30. The quantitative estimate of drug-likeness (QED) is 0.345. The summed E-state index contributed by atoms with van der Waals surface area (Å²) in [5.74, 6) is 1.13. The second-order valence-electron chi connectivity index (χ2n) is 19.8. The van der Waals surface area contributed by atoms with Crippen molar-refractivity contribution < 1.29 is 38.7 Å². The van der Waals surface area contributed by atoms with Gasteiger partial charge in [-0.2, -0.15) is 0 Å². The molecule has 8 fully saturated rings. The first-order valence-electron chi connectivity index (χ1n) is 19.9. The van der Waals surface area contributed by atoms with Gasteiger partial charge >= 0.3 is 5.97 Å². The summed E-state index contributed by atoms with van der Waals surface area (Å²) in [6.45, 7) is 19.5. The fourth-order valence-corrected chi connectivity index (χ4v) is 14.7. The van der Waals surface area contributed by atoms with Crippen LogP contribution < -0.4 is 5.32 Å². The van der Waals surface area contributed by atoms with Gasteiger partial charge in [0, 0.05) is 25.4 Å². The summed E-state index contributed by atoms with van der Waals surface area (Å²) in [4.78, 5) is 26.8. The highest BCUT2D eigenvalue weighted by Gasteiger charge is 2.84. The number of aliphatic hydroxyl groups excluding tert-OH is 1. The number of carbonyl (C=O) groups excluding carboxylic acids is 2. The van der Waals surface area contributed by atoms with E-state index in [2.05, 4.69) is 44.8 Å². The fourth-order valence-electron chi connectivity index (χ4n) is 14.7. The molecular weight excluding hydrogens is 636 g/mol. The molecule has 3 unspecified atom stereocenters. The lowest BCUT2D eigenvalue weighted by molar-refractivity contribution is -0.250. The average molecular weight is 701 g/mol. The number of aliphatic hydroxyl groups is 2. The molecule has 2 spiro atoms. The van der Waals surface area contributed by atoms with Gasteiger partial charge in [-0.15, -0.1) is 0 Å². The Morgan fingerprint density at radius 3 is 2.46 bits per heavy atom. The van der Waals surface area contributed by atoms with Crippen LogP contribution in [0, 0.1) is 50.7 Å². The normalized spacial score (nSPS) is 51.7. The van der Waals surface area contributed by atoms with Crippen LogP contribution in [-0.2, 0) is 28.5 Å². The maximum absolute atomic E-state index is 12.6. The SMILES string of the molecule is CC(=O)O[C@@H]([C@H]1C[C@@H](C)C2[C@H](O1)[C@H](O)[C@@]1(C)[C@@H]3CC[C@H]4C(C)(C)[C@@H](OC5CN(C6CCNC6=O)CCO5)CC[C@@]45C[C@@]35CC[C@]21C)C(C)(C)O. The van der Waals surface area contributed by atoms with E-state index < -0.39 is 29.9 Å². The second-order valence-corrected chi connectivity index (χ2v) is 19.8. The van der Waals surface area contributed by atoms with Gasteiger partial charge in [0.25, 0.3) is 0 Å². The van der Waals surface area contributed by atoms with Gasteiger partial charge in [-0.3, -0.25) is 14.5 Å². The maximum Gasteiger partial charge on any atom is 0.303 e. The molecule has 0 bridgehead atoms. The van der Waals surface area contributed by atoms with Crippen molar-refractivity contribution in [2.75, 3.05) is 26.2 Å². The zero-order chi connectivity index (χ0) is 35.8. The number of amides is 1. The van der Waals surface area contributed by atoms with E-state index in [1.807, 2.05) is 0 Å². The van der Waals surface area contributed by atoms with E-state index in [1.165, 1.54) is 19.8 Å². The minimum absolute atomic E-state index is 0.0132. The van der Waals surface area contributed by atoms with Crippen LogP contribution in [0.2, 0.25) is 0 Å². The van der Waals surface area contributed by atoms with E-state index in [9.17, 15) is 19.8 Å². The third kappa shape index (κ3) is 4.79. The van der Waals surface area contributed by atoms with Crippen LogP contribution in [0.5, 0.6) is 0 Å². The van der Waals surface area contributed by atoms with Crippen molar-refractivity contribution in [3.8, 4) is 0 Å². The van der Waals surface area contributed by atoms with Crippen LogP contribution in [0.15, 0.2) is 0 Å². The van der Waals surface area contributed by atoms with Gasteiger partial charge in [0.15, 0.2) is 12.4 Å². The lowest BCUT2D eigenvalue weighted by Crippen LogP contribution is -2.60. The van der Waals surface area contributed by atoms with Crippen LogP contribution in [-0.4, -0.2) is 102 Å². The standard InChI is InChI=1S/C40H64N2O8/c1-22-19-25(33(36(5,6)46)48-23(2)43)49-31-30(22)37(7)14-15-40-21-39(40)13-11-28(35(3,4)26(39)9-10-27(40)38(37,8)32(31)44)50-29-20-42(17-18-47-29)24-12-16-41-34(24)45/h22,24-33,44,46H,9-21H2,1-8H3,(H,41,45)/t22-,24?,25-,26+,27+,28+,29?,30?,31+,32+,33+,37-,38-,39-,40+/m1/s1. The summed E-state index contributed by atoms with van der Waals surface area (Å²) >= 11 is 0. The van der Waals surface area contributed by atoms with Gasteiger partial charge in [0.2, 0.25) is 5.91 Å². The summed E-state index contributed by atoms with van der Waals surface area (Å²) in [6.07, 6.45) is 7.04. The van der Waals surface area contributed by atoms with Crippen LogP contribution in [0.1, 0.15) is 113 Å². The zero-order valence-corrected chi connectivity index (χ0v) is 31.8. The topological polar surface area (TPSA) is 127 Å². The molecule has 0 radical (unpaired) electrons. The summed E-state index contributed by atoms with van der Waals surface area (Å²) in [6, 6.07) is -0.0709. The number of nitrogens with one attached hydrogen (secondary N) is 1. The molecule has 3 N–H and O–H groups in total. The number of rotatable bonds is 6. The van der Waals surface area contributed by atoms with Crippen LogP contribution >= 0.6 is 0 Å². The minimum Gasteiger partial charge on any atom is -0.457 e. The summed E-state index contributed by atoms with van der Waals surface area (Å²) in [7, 11) is 0. The number of esters is 1. The molecule has 8 aliphatic rings. The molecule has 0 aromatic carbocycles. The van der Waals surface area contributed by atoms with Crippen molar-refractivity contribution in [2.45, 2.75) is 162 Å². The first-order valence-corrected chi connectivity index (χ1v) is 19.9. The molecule has 282 valence electrons. The predicted molar refractivity (Wildman–Crippen MR) is 186 cm³/mol. The molecule has 10 nitrogen and oxygen atoms in total. The molecule has 15 atom stereocenters. The Balaban J connectivity index is 1.02. The van der Waals surface area contributed by atoms with Gasteiger partial charge in [0.1, 0.15) is 0 Å². The highest BCUT2D eigenvalue weighted by atomic mass is 16.7. The van der Waals surface area contributed by atoms with Gasteiger partial charge in [-0.1, -0.05) is 34.6 Å². The third-order valence-electron chi connectivity index (χ3n) is 16.9. The van der Waals surface area contributed by atoms with E-state index in [0.29, 0.717) is 31.4 Å². The average Bonchev–Trinajstić information content (AvgIpc) is 3.44. The van der Waals surface area contributed by atoms with Crippen molar-refractivity contribution >= 4 is 11.9 Å². The van der Waals surface area contributed by atoms with Gasteiger partial charge in [-0.05, 0) is 117 Å². The van der Waals surface area contributed by atoms with Crippen molar-refractivity contribution in [2.24, 2.45) is 50.7 Å². The van der Waals surface area contributed by atoms with Crippen molar-refractivity contribution in [3.63, 3.8) is 0 Å². The molecule has 3 heterocycles. The van der Waals surface area contributed by atoms with E-state index in [0.717, 1.165) is 51.6 Å². The van der Waals surface area contributed by atoms with E-state index in [-0.39, 0.29) is 69.4 Å².